The first-order valence-corrected chi connectivity index (χ1v) is 16.0. The summed E-state index contributed by atoms with van der Waals surface area (Å²) in [5.41, 5.74) is 0.667. The Morgan fingerprint density at radius 3 is 2.37 bits per heavy atom. The molecular formula is C32H34FN5O7S. The summed E-state index contributed by atoms with van der Waals surface area (Å²) < 4.78 is 54.9. The molecule has 2 heterocycles. The summed E-state index contributed by atoms with van der Waals surface area (Å²) in [6, 6.07) is 18.0. The fourth-order valence-corrected chi connectivity index (χ4v) is 5.73. The fraction of sp³-hybridized carbons (Fsp3) is 0.281. The number of hydrogen-bond acceptors (Lipinski definition) is 8. The monoisotopic (exact) mass is 651 g/mol. The molecule has 0 bridgehead atoms. The predicted octanol–water partition coefficient (Wildman–Crippen LogP) is 3.42. The molecule has 242 valence electrons. The van der Waals surface area contributed by atoms with Crippen molar-refractivity contribution in [3.63, 3.8) is 0 Å². The Balaban J connectivity index is 1.48. The highest BCUT2D eigenvalue weighted by Gasteiger charge is 2.26. The standard InChI is InChI=1S/C32H34FN5O7S/c1-34-46(42,43)35-27-11-7-10-22(29(27)33)18-25-26(20-37-14-16-38(17-15-37)30(39)21-8-5-4-6-9-21)24-13-12-23(44-32(41)36(2)3)19-28(24)45-31(25)40/h4-13,19,34-35H,14-18,20H2,1-3H3. The Morgan fingerprint density at radius 2 is 1.70 bits per heavy atom. The topological polar surface area (TPSA) is 142 Å². The number of benzene rings is 3. The van der Waals surface area contributed by atoms with E-state index in [0.29, 0.717) is 42.7 Å². The average Bonchev–Trinajstić information content (AvgIpc) is 3.04. The van der Waals surface area contributed by atoms with Crippen LogP contribution >= 0.6 is 0 Å². The van der Waals surface area contributed by atoms with Gasteiger partial charge in [0.05, 0.1) is 5.69 Å². The summed E-state index contributed by atoms with van der Waals surface area (Å²) in [7, 11) is 0.287. The second-order valence-corrected chi connectivity index (χ2v) is 12.6. The van der Waals surface area contributed by atoms with Crippen LogP contribution in [-0.4, -0.2) is 82.4 Å². The third-order valence-corrected chi connectivity index (χ3v) is 8.71. The molecule has 0 atom stereocenters. The normalized spacial score (nSPS) is 13.9. The molecule has 0 spiro atoms. The van der Waals surface area contributed by atoms with Crippen LogP contribution < -0.4 is 19.8 Å². The average molecular weight is 652 g/mol. The van der Waals surface area contributed by atoms with Gasteiger partial charge in [0.25, 0.3) is 16.1 Å². The highest BCUT2D eigenvalue weighted by molar-refractivity contribution is 7.90. The summed E-state index contributed by atoms with van der Waals surface area (Å²) in [6.07, 6.45) is -0.788. The van der Waals surface area contributed by atoms with Crippen LogP contribution in [0.5, 0.6) is 5.75 Å². The minimum Gasteiger partial charge on any atom is -0.422 e. The van der Waals surface area contributed by atoms with Gasteiger partial charge in [-0.15, -0.1) is 0 Å². The Morgan fingerprint density at radius 1 is 0.978 bits per heavy atom. The SMILES string of the molecule is CNS(=O)(=O)Nc1cccc(Cc2c(CN3CCN(C(=O)c4ccccc4)CC3)c3ccc(OC(=O)N(C)C)cc3oc2=O)c1F. The van der Waals surface area contributed by atoms with Crippen molar-refractivity contribution in [1.29, 1.82) is 0 Å². The summed E-state index contributed by atoms with van der Waals surface area (Å²) in [6.45, 7) is 2.27. The molecule has 1 saturated heterocycles. The molecule has 1 fully saturated rings. The van der Waals surface area contributed by atoms with Crippen LogP contribution in [-0.2, 0) is 23.2 Å². The molecule has 1 aliphatic rings. The van der Waals surface area contributed by atoms with Crippen LogP contribution in [0.25, 0.3) is 11.0 Å². The number of halogens is 1. The molecule has 0 saturated carbocycles. The third-order valence-electron chi connectivity index (χ3n) is 7.68. The van der Waals surface area contributed by atoms with Crippen LogP contribution in [0.15, 0.2) is 75.9 Å². The van der Waals surface area contributed by atoms with Gasteiger partial charge in [-0.2, -0.15) is 8.42 Å². The lowest BCUT2D eigenvalue weighted by molar-refractivity contribution is 0.0628. The van der Waals surface area contributed by atoms with Gasteiger partial charge in [0, 0.05) is 82.9 Å². The molecule has 0 radical (unpaired) electrons. The maximum atomic E-state index is 15.6. The van der Waals surface area contributed by atoms with E-state index in [2.05, 4.69) is 14.3 Å². The maximum Gasteiger partial charge on any atom is 0.414 e. The van der Waals surface area contributed by atoms with Crippen LogP contribution in [0.4, 0.5) is 14.9 Å². The van der Waals surface area contributed by atoms with Crippen molar-refractivity contribution < 1.29 is 31.6 Å². The van der Waals surface area contributed by atoms with E-state index in [1.807, 2.05) is 18.2 Å². The minimum atomic E-state index is -3.99. The van der Waals surface area contributed by atoms with Gasteiger partial charge in [-0.1, -0.05) is 30.3 Å². The Hall–Kier alpha value is -4.79. The van der Waals surface area contributed by atoms with Crippen LogP contribution in [0.2, 0.25) is 0 Å². The van der Waals surface area contributed by atoms with E-state index in [9.17, 15) is 22.8 Å². The van der Waals surface area contributed by atoms with Gasteiger partial charge in [0.2, 0.25) is 0 Å². The number of carbonyl (C=O) groups is 2. The Labute approximate surface area is 265 Å². The zero-order valence-corrected chi connectivity index (χ0v) is 26.4. The smallest absolute Gasteiger partial charge is 0.414 e. The molecule has 14 heteroatoms. The molecule has 1 aliphatic heterocycles. The number of hydrogen-bond donors (Lipinski definition) is 2. The van der Waals surface area contributed by atoms with Crippen molar-refractivity contribution >= 4 is 38.9 Å². The number of anilines is 1. The van der Waals surface area contributed by atoms with E-state index in [1.54, 1.807) is 43.3 Å². The maximum absolute atomic E-state index is 15.6. The number of ether oxygens (including phenoxy) is 1. The number of piperazine rings is 1. The molecule has 0 unspecified atom stereocenters. The largest absolute Gasteiger partial charge is 0.422 e. The van der Waals surface area contributed by atoms with Gasteiger partial charge in [0.15, 0.2) is 5.82 Å². The third kappa shape index (κ3) is 7.36. The predicted molar refractivity (Wildman–Crippen MR) is 171 cm³/mol. The molecule has 2 amide bonds. The lowest BCUT2D eigenvalue weighted by Crippen LogP contribution is -2.48. The van der Waals surface area contributed by atoms with Gasteiger partial charge >= 0.3 is 11.7 Å². The molecule has 5 rings (SSSR count). The van der Waals surface area contributed by atoms with Gasteiger partial charge in [0.1, 0.15) is 11.3 Å². The molecule has 2 N–H and O–H groups in total. The summed E-state index contributed by atoms with van der Waals surface area (Å²) >= 11 is 0. The second kappa shape index (κ2) is 13.7. The van der Waals surface area contributed by atoms with Crippen molar-refractivity contribution in [2.75, 3.05) is 52.0 Å². The molecule has 46 heavy (non-hydrogen) atoms. The van der Waals surface area contributed by atoms with Gasteiger partial charge in [-0.3, -0.25) is 14.4 Å². The van der Waals surface area contributed by atoms with E-state index in [-0.39, 0.29) is 47.0 Å². The van der Waals surface area contributed by atoms with E-state index in [0.717, 1.165) is 0 Å². The number of rotatable bonds is 9. The van der Waals surface area contributed by atoms with Crippen molar-refractivity contribution in [1.82, 2.24) is 19.4 Å². The minimum absolute atomic E-state index is 0.0594. The molecular weight excluding hydrogens is 617 g/mol. The van der Waals surface area contributed by atoms with Crippen molar-refractivity contribution in [3.8, 4) is 5.75 Å². The summed E-state index contributed by atoms with van der Waals surface area (Å²) in [5.74, 6) is -0.710. The van der Waals surface area contributed by atoms with Gasteiger partial charge < -0.3 is 19.0 Å². The van der Waals surface area contributed by atoms with Gasteiger partial charge in [-0.25, -0.2) is 18.7 Å². The van der Waals surface area contributed by atoms with E-state index in [1.165, 1.54) is 36.2 Å². The first-order chi connectivity index (χ1) is 22.0. The number of nitrogens with one attached hydrogen (secondary N) is 2. The second-order valence-electron chi connectivity index (χ2n) is 11.0. The van der Waals surface area contributed by atoms with Crippen molar-refractivity contribution in [2.45, 2.75) is 13.0 Å². The molecule has 0 aliphatic carbocycles. The Bertz CT molecular complexity index is 1920. The van der Waals surface area contributed by atoms with E-state index in [4.69, 9.17) is 9.15 Å². The highest BCUT2D eigenvalue weighted by atomic mass is 32.2. The number of carbonyl (C=O) groups excluding carboxylic acids is 2. The van der Waals surface area contributed by atoms with Gasteiger partial charge in [-0.05, 0) is 41.5 Å². The molecule has 12 nitrogen and oxygen atoms in total. The van der Waals surface area contributed by atoms with Crippen molar-refractivity contribution in [2.24, 2.45) is 0 Å². The van der Waals surface area contributed by atoms with E-state index < -0.39 is 27.7 Å². The van der Waals surface area contributed by atoms with E-state index >= 15 is 4.39 Å². The zero-order chi connectivity index (χ0) is 33.0. The number of nitrogens with zero attached hydrogens (tertiary/aromatic N) is 3. The first-order valence-electron chi connectivity index (χ1n) is 14.5. The summed E-state index contributed by atoms with van der Waals surface area (Å²) in [4.78, 5) is 43.8. The van der Waals surface area contributed by atoms with Crippen LogP contribution in [0.1, 0.15) is 27.0 Å². The molecule has 3 aromatic carbocycles. The lowest BCUT2D eigenvalue weighted by atomic mass is 9.97. The summed E-state index contributed by atoms with van der Waals surface area (Å²) in [5, 5.41) is 0.564. The quantitative estimate of drug-likeness (QED) is 0.263. The number of fused-ring (bicyclic) bond motifs is 1. The van der Waals surface area contributed by atoms with Crippen molar-refractivity contribution in [3.05, 3.63) is 105 Å². The zero-order valence-electron chi connectivity index (χ0n) is 25.6. The first kappa shape index (κ1) is 32.6. The lowest BCUT2D eigenvalue weighted by Gasteiger charge is -2.35. The molecule has 4 aromatic rings. The van der Waals surface area contributed by atoms with Crippen LogP contribution in [0.3, 0.4) is 0 Å². The molecule has 1 aromatic heterocycles. The Kier molecular flexibility index (Phi) is 9.70. The highest BCUT2D eigenvalue weighted by Crippen LogP contribution is 2.29. The fourth-order valence-electron chi connectivity index (χ4n) is 5.18. The number of amides is 2. The van der Waals surface area contributed by atoms with Crippen LogP contribution in [0, 0.1) is 5.82 Å².